The lowest BCUT2D eigenvalue weighted by Gasteiger charge is -2.25. The Hall–Kier alpha value is -1.41. The first-order valence-electron chi connectivity index (χ1n) is 6.12. The predicted octanol–water partition coefficient (Wildman–Crippen LogP) is -0.855. The fraction of sp³-hybridized carbons (Fsp3) is 0.636. The van der Waals surface area contributed by atoms with Crippen molar-refractivity contribution in [2.75, 3.05) is 25.1 Å². The maximum atomic E-state index is 12.0. The molecule has 19 heavy (non-hydrogen) atoms. The zero-order chi connectivity index (χ0) is 13.9. The molecule has 0 aliphatic carbocycles. The average Bonchev–Trinajstić information content (AvgIpc) is 2.80. The molecular weight excluding hydrogens is 268 g/mol. The fourth-order valence-electron chi connectivity index (χ4n) is 2.06. The molecular formula is C11H18N4O3S. The molecule has 1 aromatic rings. The second kappa shape index (κ2) is 5.70. The molecule has 2 heterocycles. The Morgan fingerprint density at radius 3 is 3.00 bits per heavy atom. The molecule has 0 spiro atoms. The van der Waals surface area contributed by atoms with Gasteiger partial charge in [0.1, 0.15) is 5.82 Å². The lowest BCUT2D eigenvalue weighted by atomic mass is 10.2. The molecule has 0 bridgehead atoms. The largest absolute Gasteiger partial charge is 0.347 e. The molecule has 1 aromatic heterocycles. The second-order valence-electron chi connectivity index (χ2n) is 4.76. The van der Waals surface area contributed by atoms with E-state index in [0.717, 1.165) is 0 Å². The molecule has 1 saturated heterocycles. The summed E-state index contributed by atoms with van der Waals surface area (Å²) in [6.07, 6.45) is 3.52. The van der Waals surface area contributed by atoms with Crippen molar-refractivity contribution >= 4 is 15.7 Å². The number of hydrogen-bond acceptors (Lipinski definition) is 5. The van der Waals surface area contributed by atoms with Crippen LogP contribution in [0.5, 0.6) is 0 Å². The van der Waals surface area contributed by atoms with Gasteiger partial charge in [0.05, 0.1) is 18.1 Å². The molecule has 2 rings (SSSR count). The van der Waals surface area contributed by atoms with Crippen LogP contribution in [0.3, 0.4) is 0 Å². The summed E-state index contributed by atoms with van der Waals surface area (Å²) < 4.78 is 23.0. The Bertz CT molecular complexity index is 526. The summed E-state index contributed by atoms with van der Waals surface area (Å²) >= 11 is 0. The zero-order valence-electron chi connectivity index (χ0n) is 10.8. The van der Waals surface area contributed by atoms with Gasteiger partial charge in [-0.2, -0.15) is 0 Å². The number of H-pyrrole nitrogens is 1. The average molecular weight is 286 g/mol. The first-order valence-corrected chi connectivity index (χ1v) is 7.94. The molecule has 1 amide bonds. The quantitative estimate of drug-likeness (QED) is 0.751. The number of imidazole rings is 1. The van der Waals surface area contributed by atoms with E-state index in [2.05, 4.69) is 15.3 Å². The summed E-state index contributed by atoms with van der Waals surface area (Å²) in [5, 5.41) is 3.07. The zero-order valence-corrected chi connectivity index (χ0v) is 11.6. The number of sulfone groups is 1. The molecule has 8 heteroatoms. The van der Waals surface area contributed by atoms with Crippen molar-refractivity contribution in [3.8, 4) is 0 Å². The number of aromatic nitrogens is 2. The fourth-order valence-corrected chi connectivity index (χ4v) is 3.51. The number of nitrogens with zero attached hydrogens (tertiary/aromatic N) is 2. The van der Waals surface area contributed by atoms with Gasteiger partial charge in [-0.05, 0) is 0 Å². The number of nitrogens with one attached hydrogen (secondary N) is 2. The van der Waals surface area contributed by atoms with Crippen molar-refractivity contribution in [2.24, 2.45) is 0 Å². The van der Waals surface area contributed by atoms with Crippen molar-refractivity contribution < 1.29 is 13.2 Å². The number of rotatable bonds is 4. The monoisotopic (exact) mass is 286 g/mol. The van der Waals surface area contributed by atoms with Crippen molar-refractivity contribution in [2.45, 2.75) is 19.0 Å². The van der Waals surface area contributed by atoms with Crippen molar-refractivity contribution in [3.05, 3.63) is 18.2 Å². The number of carbonyl (C=O) groups excluding carboxylic acids is 1. The Labute approximate surface area is 112 Å². The molecule has 106 valence electrons. The molecule has 0 radical (unpaired) electrons. The van der Waals surface area contributed by atoms with Crippen LogP contribution >= 0.6 is 0 Å². The summed E-state index contributed by atoms with van der Waals surface area (Å²) in [4.78, 5) is 20.5. The maximum Gasteiger partial charge on any atom is 0.224 e. The second-order valence-corrected chi connectivity index (χ2v) is 6.98. The summed E-state index contributed by atoms with van der Waals surface area (Å²) in [5.74, 6) is 0.804. The van der Waals surface area contributed by atoms with E-state index >= 15 is 0 Å². The van der Waals surface area contributed by atoms with Gasteiger partial charge in [-0.15, -0.1) is 0 Å². The lowest BCUT2D eigenvalue weighted by Crippen LogP contribution is -2.47. The first kappa shape index (κ1) is 14.0. The number of hydrogen-bond donors (Lipinski definition) is 2. The van der Waals surface area contributed by atoms with Gasteiger partial charge in [-0.3, -0.25) is 4.79 Å². The molecule has 1 atom stereocenters. The van der Waals surface area contributed by atoms with Crippen LogP contribution in [-0.2, 0) is 21.2 Å². The number of aromatic amines is 1. The molecule has 0 aromatic carbocycles. The van der Waals surface area contributed by atoms with Gasteiger partial charge in [0.15, 0.2) is 9.84 Å². The Morgan fingerprint density at radius 1 is 1.58 bits per heavy atom. The van der Waals surface area contributed by atoms with E-state index in [-0.39, 0.29) is 29.9 Å². The van der Waals surface area contributed by atoms with Crippen molar-refractivity contribution in [1.82, 2.24) is 20.2 Å². The van der Waals surface area contributed by atoms with Gasteiger partial charge >= 0.3 is 0 Å². The summed E-state index contributed by atoms with van der Waals surface area (Å²) in [7, 11) is -1.32. The van der Waals surface area contributed by atoms with Crippen LogP contribution in [0.15, 0.2) is 12.4 Å². The van der Waals surface area contributed by atoms with Gasteiger partial charge in [-0.25, -0.2) is 13.4 Å². The van der Waals surface area contributed by atoms with E-state index < -0.39 is 9.84 Å². The van der Waals surface area contributed by atoms with Crippen LogP contribution < -0.4 is 5.32 Å². The summed E-state index contributed by atoms with van der Waals surface area (Å²) in [6.45, 7) is 0.813. The highest BCUT2D eigenvalue weighted by atomic mass is 32.2. The minimum atomic E-state index is -3.00. The maximum absolute atomic E-state index is 12.0. The third kappa shape index (κ3) is 4.03. The minimum Gasteiger partial charge on any atom is -0.347 e. The van der Waals surface area contributed by atoms with Gasteiger partial charge in [0.2, 0.25) is 5.91 Å². The molecule has 1 aliphatic rings. The van der Waals surface area contributed by atoms with Crippen molar-refractivity contribution in [1.29, 1.82) is 0 Å². The predicted molar refractivity (Wildman–Crippen MR) is 70.1 cm³/mol. The Kier molecular flexibility index (Phi) is 4.20. The summed E-state index contributed by atoms with van der Waals surface area (Å²) in [6, 6.07) is -0.287. The summed E-state index contributed by atoms with van der Waals surface area (Å²) in [5.41, 5.74) is 0. The molecule has 1 unspecified atom stereocenters. The van der Waals surface area contributed by atoms with Gasteiger partial charge in [-0.1, -0.05) is 0 Å². The van der Waals surface area contributed by atoms with Crippen LogP contribution in [0, 0.1) is 0 Å². The third-order valence-electron chi connectivity index (χ3n) is 3.09. The van der Waals surface area contributed by atoms with Crippen molar-refractivity contribution in [3.63, 3.8) is 0 Å². The molecule has 2 N–H and O–H groups in total. The highest BCUT2D eigenvalue weighted by Crippen LogP contribution is 2.07. The Balaban J connectivity index is 1.86. The van der Waals surface area contributed by atoms with E-state index in [0.29, 0.717) is 18.9 Å². The van der Waals surface area contributed by atoms with Crippen LogP contribution in [0.1, 0.15) is 12.2 Å². The molecule has 7 nitrogen and oxygen atoms in total. The van der Waals surface area contributed by atoms with Crippen LogP contribution in [0.4, 0.5) is 0 Å². The van der Waals surface area contributed by atoms with E-state index in [1.165, 1.54) is 0 Å². The molecule has 1 aliphatic heterocycles. The van der Waals surface area contributed by atoms with E-state index in [1.54, 1.807) is 24.3 Å². The standard InChI is InChI=1S/C11H18N4O3S/c1-15(7-10-13-2-3-14-10)11(16)6-9-8-19(17,18)5-4-12-9/h2-3,9,12H,4-8H2,1H3,(H,13,14). The van der Waals surface area contributed by atoms with Crippen LogP contribution in [-0.4, -0.2) is 60.3 Å². The van der Waals surface area contributed by atoms with Gasteiger partial charge in [0, 0.05) is 38.4 Å². The van der Waals surface area contributed by atoms with E-state index in [1.807, 2.05) is 0 Å². The SMILES string of the molecule is CN(Cc1ncc[nH]1)C(=O)CC1CS(=O)(=O)CCN1. The van der Waals surface area contributed by atoms with Gasteiger partial charge in [0.25, 0.3) is 0 Å². The smallest absolute Gasteiger partial charge is 0.224 e. The minimum absolute atomic E-state index is 0.0351. The highest BCUT2D eigenvalue weighted by molar-refractivity contribution is 7.91. The van der Waals surface area contributed by atoms with Gasteiger partial charge < -0.3 is 15.2 Å². The Morgan fingerprint density at radius 2 is 2.37 bits per heavy atom. The van der Waals surface area contributed by atoms with E-state index in [4.69, 9.17) is 0 Å². The number of carbonyl (C=O) groups is 1. The van der Waals surface area contributed by atoms with E-state index in [9.17, 15) is 13.2 Å². The third-order valence-corrected chi connectivity index (χ3v) is 4.83. The topological polar surface area (TPSA) is 95.2 Å². The molecule has 1 fully saturated rings. The lowest BCUT2D eigenvalue weighted by molar-refractivity contribution is -0.130. The van der Waals surface area contributed by atoms with Crippen LogP contribution in [0.25, 0.3) is 0 Å². The first-order chi connectivity index (χ1) is 8.96. The highest BCUT2D eigenvalue weighted by Gasteiger charge is 2.27. The number of amides is 1. The normalized spacial score (nSPS) is 22.1. The molecule has 0 saturated carbocycles. The van der Waals surface area contributed by atoms with Crippen LogP contribution in [0.2, 0.25) is 0 Å².